The number of rotatable bonds is 3. The summed E-state index contributed by atoms with van der Waals surface area (Å²) in [4.78, 5) is 5.32. The van der Waals surface area contributed by atoms with Gasteiger partial charge < -0.3 is 10.6 Å². The smallest absolute Gasteiger partial charge is 0.0794 e. The van der Waals surface area contributed by atoms with Crippen molar-refractivity contribution in [2.45, 2.75) is 12.6 Å². The van der Waals surface area contributed by atoms with E-state index in [0.717, 1.165) is 19.6 Å². The fraction of sp³-hybridized carbons (Fsp3) is 0.571. The van der Waals surface area contributed by atoms with Crippen LogP contribution in [0.2, 0.25) is 0 Å². The topological polar surface area (TPSA) is 37.0 Å². The van der Waals surface area contributed by atoms with E-state index in [9.17, 15) is 0 Å². The Balaban J connectivity index is 1.74. The third kappa shape index (κ3) is 1.77. The van der Waals surface area contributed by atoms with E-state index in [1.807, 2.05) is 11.7 Å². The van der Waals surface area contributed by atoms with Gasteiger partial charge in [0, 0.05) is 36.8 Å². The van der Waals surface area contributed by atoms with Crippen molar-refractivity contribution in [1.29, 1.82) is 0 Å². The Hall–Kier alpha value is -0.450. The summed E-state index contributed by atoms with van der Waals surface area (Å²) in [6.45, 7) is 3.19. The van der Waals surface area contributed by atoms with Crippen molar-refractivity contribution in [2.75, 3.05) is 13.1 Å². The van der Waals surface area contributed by atoms with Crippen LogP contribution in [-0.4, -0.2) is 24.1 Å². The molecule has 1 aliphatic heterocycles. The predicted octanol–water partition coefficient (Wildman–Crippen LogP) is 0.204. The number of aromatic nitrogens is 1. The van der Waals surface area contributed by atoms with E-state index < -0.39 is 0 Å². The Bertz CT molecular complexity index is 205. The molecule has 1 saturated heterocycles. The van der Waals surface area contributed by atoms with Crippen molar-refractivity contribution in [1.82, 2.24) is 15.6 Å². The highest BCUT2D eigenvalue weighted by molar-refractivity contribution is 7.09. The zero-order chi connectivity index (χ0) is 7.52. The quantitative estimate of drug-likeness (QED) is 0.679. The maximum Gasteiger partial charge on any atom is 0.0794 e. The molecule has 0 radical (unpaired) electrons. The second kappa shape index (κ2) is 3.30. The fourth-order valence-electron chi connectivity index (χ4n) is 1.01. The van der Waals surface area contributed by atoms with Crippen LogP contribution in [0.25, 0.3) is 0 Å². The summed E-state index contributed by atoms with van der Waals surface area (Å²) < 4.78 is 0. The lowest BCUT2D eigenvalue weighted by molar-refractivity contribution is 0.366. The molecule has 1 aromatic heterocycles. The lowest BCUT2D eigenvalue weighted by atomic mass is 10.2. The largest absolute Gasteiger partial charge is 0.314 e. The minimum absolute atomic E-state index is 0.678. The first-order chi connectivity index (χ1) is 5.45. The summed E-state index contributed by atoms with van der Waals surface area (Å²) in [5, 5.41) is 6.65. The molecule has 2 rings (SSSR count). The molecule has 60 valence electrons. The molecule has 0 atom stereocenters. The van der Waals surface area contributed by atoms with E-state index in [-0.39, 0.29) is 0 Å². The average molecular weight is 169 g/mol. The number of nitrogens with one attached hydrogen (secondary N) is 2. The summed E-state index contributed by atoms with van der Waals surface area (Å²) in [5.41, 5.74) is 1.87. The van der Waals surface area contributed by atoms with Gasteiger partial charge in [0.2, 0.25) is 0 Å². The highest BCUT2D eigenvalue weighted by Gasteiger charge is 2.14. The lowest BCUT2D eigenvalue weighted by Gasteiger charge is -2.27. The Labute approximate surface area is 69.8 Å². The third-order valence-electron chi connectivity index (χ3n) is 1.83. The van der Waals surface area contributed by atoms with Gasteiger partial charge in [-0.1, -0.05) is 0 Å². The van der Waals surface area contributed by atoms with Crippen molar-refractivity contribution >= 4 is 11.3 Å². The number of nitrogens with zero attached hydrogens (tertiary/aromatic N) is 1. The van der Waals surface area contributed by atoms with Crippen molar-refractivity contribution in [2.24, 2.45) is 0 Å². The standard InChI is InChI=1S/C7H11N3S/c1-6(2-8-1)10-4-7-3-9-5-11-7/h3,5-6,8,10H,1-2,4H2. The van der Waals surface area contributed by atoms with Crippen molar-refractivity contribution in [3.05, 3.63) is 16.6 Å². The van der Waals surface area contributed by atoms with Gasteiger partial charge in [-0.3, -0.25) is 4.98 Å². The van der Waals surface area contributed by atoms with E-state index in [0.29, 0.717) is 6.04 Å². The van der Waals surface area contributed by atoms with Crippen LogP contribution in [-0.2, 0) is 6.54 Å². The third-order valence-corrected chi connectivity index (χ3v) is 2.61. The van der Waals surface area contributed by atoms with Gasteiger partial charge in [0.05, 0.1) is 5.51 Å². The molecule has 0 spiro atoms. The van der Waals surface area contributed by atoms with Crippen molar-refractivity contribution in [3.8, 4) is 0 Å². The molecule has 3 nitrogen and oxygen atoms in total. The summed E-state index contributed by atoms with van der Waals surface area (Å²) in [5.74, 6) is 0. The van der Waals surface area contributed by atoms with Crippen LogP contribution < -0.4 is 10.6 Å². The first-order valence-corrected chi connectivity index (χ1v) is 4.64. The van der Waals surface area contributed by atoms with Crippen LogP contribution in [0.15, 0.2) is 11.7 Å². The highest BCUT2D eigenvalue weighted by atomic mass is 32.1. The number of hydrogen-bond acceptors (Lipinski definition) is 4. The summed E-state index contributed by atoms with van der Waals surface area (Å²) in [7, 11) is 0. The summed E-state index contributed by atoms with van der Waals surface area (Å²) in [6.07, 6.45) is 1.92. The van der Waals surface area contributed by atoms with Gasteiger partial charge in [-0.25, -0.2) is 0 Å². The fourth-order valence-corrected chi connectivity index (χ4v) is 1.55. The first-order valence-electron chi connectivity index (χ1n) is 3.76. The zero-order valence-electron chi connectivity index (χ0n) is 6.21. The van der Waals surface area contributed by atoms with Crippen molar-refractivity contribution in [3.63, 3.8) is 0 Å². The molecule has 2 N–H and O–H groups in total. The molecule has 0 aliphatic carbocycles. The average Bonchev–Trinajstić information content (AvgIpc) is 2.36. The second-order valence-electron chi connectivity index (χ2n) is 2.70. The molecule has 0 aromatic carbocycles. The van der Waals surface area contributed by atoms with Crippen LogP contribution in [0.5, 0.6) is 0 Å². The Morgan fingerprint density at radius 1 is 1.73 bits per heavy atom. The molecular formula is C7H11N3S. The van der Waals surface area contributed by atoms with Crippen LogP contribution in [0, 0.1) is 0 Å². The summed E-state index contributed by atoms with van der Waals surface area (Å²) in [6, 6.07) is 0.678. The Morgan fingerprint density at radius 2 is 2.64 bits per heavy atom. The SMILES string of the molecule is c1ncc(CNC2CNC2)s1. The minimum atomic E-state index is 0.678. The van der Waals surface area contributed by atoms with Crippen LogP contribution in [0.4, 0.5) is 0 Å². The molecule has 2 heterocycles. The number of hydrogen-bond donors (Lipinski definition) is 2. The van der Waals surface area contributed by atoms with E-state index >= 15 is 0 Å². The predicted molar refractivity (Wildman–Crippen MR) is 45.6 cm³/mol. The van der Waals surface area contributed by atoms with E-state index in [1.54, 1.807) is 11.3 Å². The molecule has 1 aromatic rings. The maximum atomic E-state index is 4.01. The zero-order valence-corrected chi connectivity index (χ0v) is 7.03. The molecule has 0 bridgehead atoms. The second-order valence-corrected chi connectivity index (χ2v) is 3.67. The maximum absolute atomic E-state index is 4.01. The van der Waals surface area contributed by atoms with Gasteiger partial charge in [-0.05, 0) is 0 Å². The minimum Gasteiger partial charge on any atom is -0.314 e. The molecule has 0 amide bonds. The molecule has 4 heteroatoms. The monoisotopic (exact) mass is 169 g/mol. The van der Waals surface area contributed by atoms with E-state index in [1.165, 1.54) is 4.88 Å². The molecular weight excluding hydrogens is 158 g/mol. The van der Waals surface area contributed by atoms with E-state index in [4.69, 9.17) is 0 Å². The van der Waals surface area contributed by atoms with Gasteiger partial charge in [0.25, 0.3) is 0 Å². The number of thiazole rings is 1. The van der Waals surface area contributed by atoms with Gasteiger partial charge in [-0.15, -0.1) is 11.3 Å². The van der Waals surface area contributed by atoms with Crippen LogP contribution >= 0.6 is 11.3 Å². The Kier molecular flexibility index (Phi) is 2.16. The molecule has 1 fully saturated rings. The van der Waals surface area contributed by atoms with Gasteiger partial charge in [0.15, 0.2) is 0 Å². The van der Waals surface area contributed by atoms with Gasteiger partial charge in [-0.2, -0.15) is 0 Å². The van der Waals surface area contributed by atoms with Gasteiger partial charge >= 0.3 is 0 Å². The lowest BCUT2D eigenvalue weighted by Crippen LogP contribution is -2.54. The molecule has 0 unspecified atom stereocenters. The van der Waals surface area contributed by atoms with Crippen LogP contribution in [0.1, 0.15) is 4.88 Å². The van der Waals surface area contributed by atoms with Gasteiger partial charge in [0.1, 0.15) is 0 Å². The molecule has 1 aliphatic rings. The van der Waals surface area contributed by atoms with E-state index in [2.05, 4.69) is 15.6 Å². The highest BCUT2D eigenvalue weighted by Crippen LogP contribution is 2.05. The molecule has 0 saturated carbocycles. The van der Waals surface area contributed by atoms with Crippen LogP contribution in [0.3, 0.4) is 0 Å². The Morgan fingerprint density at radius 3 is 3.18 bits per heavy atom. The first kappa shape index (κ1) is 7.21. The summed E-state index contributed by atoms with van der Waals surface area (Å²) >= 11 is 1.71. The molecule has 11 heavy (non-hydrogen) atoms. The normalized spacial score (nSPS) is 18.2. The van der Waals surface area contributed by atoms with Crippen molar-refractivity contribution < 1.29 is 0 Å².